The van der Waals surface area contributed by atoms with Crippen molar-refractivity contribution < 1.29 is 0 Å². The van der Waals surface area contributed by atoms with E-state index < -0.39 is 0 Å². The van der Waals surface area contributed by atoms with Crippen LogP contribution in [0.5, 0.6) is 0 Å². The quantitative estimate of drug-likeness (QED) is 0.888. The predicted molar refractivity (Wildman–Crippen MR) is 72.1 cm³/mol. The maximum absolute atomic E-state index is 8.68. The fourth-order valence-corrected chi connectivity index (χ4v) is 1.65. The SMILES string of the molecule is CCc1ccc(CNc2ccc(C#N)cn2)cc1. The lowest BCUT2D eigenvalue weighted by molar-refractivity contribution is 1.09. The van der Waals surface area contributed by atoms with E-state index in [4.69, 9.17) is 5.26 Å². The molecule has 3 nitrogen and oxygen atoms in total. The molecule has 3 heteroatoms. The van der Waals surface area contributed by atoms with Gasteiger partial charge in [0.2, 0.25) is 0 Å². The smallest absolute Gasteiger partial charge is 0.126 e. The highest BCUT2D eigenvalue weighted by Crippen LogP contribution is 2.09. The van der Waals surface area contributed by atoms with Gasteiger partial charge in [-0.3, -0.25) is 0 Å². The third-order valence-corrected chi connectivity index (χ3v) is 2.80. The number of hydrogen-bond donors (Lipinski definition) is 1. The minimum atomic E-state index is 0.577. The Morgan fingerprint density at radius 1 is 1.11 bits per heavy atom. The molecule has 0 fully saturated rings. The molecule has 2 aromatic rings. The first kappa shape index (κ1) is 12.1. The van der Waals surface area contributed by atoms with Gasteiger partial charge in [0.1, 0.15) is 11.9 Å². The summed E-state index contributed by atoms with van der Waals surface area (Å²) in [7, 11) is 0. The zero-order valence-corrected chi connectivity index (χ0v) is 10.4. The molecule has 0 aliphatic heterocycles. The van der Waals surface area contributed by atoms with Gasteiger partial charge in [-0.05, 0) is 29.7 Å². The van der Waals surface area contributed by atoms with Crippen LogP contribution < -0.4 is 5.32 Å². The van der Waals surface area contributed by atoms with E-state index in [0.29, 0.717) is 5.56 Å². The molecule has 0 unspecified atom stereocenters. The highest BCUT2D eigenvalue weighted by atomic mass is 15.0. The molecule has 0 amide bonds. The number of nitrogens with one attached hydrogen (secondary N) is 1. The Labute approximate surface area is 107 Å². The molecular formula is C15H15N3. The Balaban J connectivity index is 1.95. The zero-order valence-electron chi connectivity index (χ0n) is 10.4. The molecule has 1 aromatic heterocycles. The molecule has 1 N–H and O–H groups in total. The summed E-state index contributed by atoms with van der Waals surface area (Å²) in [5, 5.41) is 11.9. The summed E-state index contributed by atoms with van der Waals surface area (Å²) in [5.74, 6) is 0.786. The van der Waals surface area contributed by atoms with Crippen molar-refractivity contribution in [1.29, 1.82) is 5.26 Å². The van der Waals surface area contributed by atoms with Crippen molar-refractivity contribution in [2.75, 3.05) is 5.32 Å². The van der Waals surface area contributed by atoms with E-state index >= 15 is 0 Å². The molecular weight excluding hydrogens is 222 g/mol. The largest absolute Gasteiger partial charge is 0.366 e. The molecule has 90 valence electrons. The zero-order chi connectivity index (χ0) is 12.8. The summed E-state index contributed by atoms with van der Waals surface area (Å²) in [5.41, 5.74) is 3.14. The van der Waals surface area contributed by atoms with Gasteiger partial charge in [0.05, 0.1) is 5.56 Å². The lowest BCUT2D eigenvalue weighted by Crippen LogP contribution is -2.01. The van der Waals surface area contributed by atoms with Crippen LogP contribution in [0.3, 0.4) is 0 Å². The van der Waals surface area contributed by atoms with Crippen LogP contribution in [-0.2, 0) is 13.0 Å². The minimum absolute atomic E-state index is 0.577. The van der Waals surface area contributed by atoms with Crippen LogP contribution in [0.1, 0.15) is 23.6 Å². The van der Waals surface area contributed by atoms with Crippen molar-refractivity contribution >= 4 is 5.82 Å². The van der Waals surface area contributed by atoms with Gasteiger partial charge in [-0.2, -0.15) is 5.26 Å². The van der Waals surface area contributed by atoms with Crippen LogP contribution in [0.25, 0.3) is 0 Å². The average molecular weight is 237 g/mol. The third kappa shape index (κ3) is 3.08. The lowest BCUT2D eigenvalue weighted by Gasteiger charge is -2.06. The second kappa shape index (κ2) is 5.83. The van der Waals surface area contributed by atoms with Crippen LogP contribution in [0, 0.1) is 11.3 Å². The fourth-order valence-electron chi connectivity index (χ4n) is 1.65. The summed E-state index contributed by atoms with van der Waals surface area (Å²) >= 11 is 0. The number of nitriles is 1. The van der Waals surface area contributed by atoms with Crippen LogP contribution in [0.15, 0.2) is 42.6 Å². The highest BCUT2D eigenvalue weighted by Gasteiger charge is 1.96. The molecule has 0 radical (unpaired) electrons. The molecule has 0 saturated carbocycles. The van der Waals surface area contributed by atoms with Gasteiger partial charge in [0.25, 0.3) is 0 Å². The van der Waals surface area contributed by atoms with Gasteiger partial charge in [0.15, 0.2) is 0 Å². The second-order valence-corrected chi connectivity index (χ2v) is 4.07. The normalized spacial score (nSPS) is 9.78. The van der Waals surface area contributed by atoms with Crippen molar-refractivity contribution in [2.24, 2.45) is 0 Å². The Kier molecular flexibility index (Phi) is 3.93. The summed E-state index contributed by atoms with van der Waals surface area (Å²) in [4.78, 5) is 4.16. The maximum atomic E-state index is 8.68. The van der Waals surface area contributed by atoms with Gasteiger partial charge in [-0.1, -0.05) is 31.2 Å². The first-order valence-electron chi connectivity index (χ1n) is 5.99. The molecule has 2 rings (SSSR count). The van der Waals surface area contributed by atoms with Gasteiger partial charge < -0.3 is 5.32 Å². The van der Waals surface area contributed by atoms with Crippen molar-refractivity contribution in [3.8, 4) is 6.07 Å². The molecule has 0 aliphatic carbocycles. The molecule has 0 aliphatic rings. The van der Waals surface area contributed by atoms with Gasteiger partial charge in [0, 0.05) is 12.7 Å². The average Bonchev–Trinajstić information content (AvgIpc) is 2.46. The van der Waals surface area contributed by atoms with E-state index in [9.17, 15) is 0 Å². The first-order chi connectivity index (χ1) is 8.81. The molecule has 0 spiro atoms. The Morgan fingerprint density at radius 3 is 2.39 bits per heavy atom. The van der Waals surface area contributed by atoms with E-state index in [2.05, 4.69) is 47.6 Å². The van der Waals surface area contributed by atoms with E-state index in [1.807, 2.05) is 6.07 Å². The number of hydrogen-bond acceptors (Lipinski definition) is 3. The summed E-state index contributed by atoms with van der Waals surface area (Å²) < 4.78 is 0. The number of nitrogens with zero attached hydrogens (tertiary/aromatic N) is 2. The molecule has 1 heterocycles. The van der Waals surface area contributed by atoms with Crippen LogP contribution >= 0.6 is 0 Å². The highest BCUT2D eigenvalue weighted by molar-refractivity contribution is 5.39. The van der Waals surface area contributed by atoms with E-state index in [0.717, 1.165) is 18.8 Å². The number of anilines is 1. The van der Waals surface area contributed by atoms with Crippen molar-refractivity contribution in [1.82, 2.24) is 4.98 Å². The summed E-state index contributed by atoms with van der Waals surface area (Å²) in [6.07, 6.45) is 2.63. The standard InChI is InChI=1S/C15H15N3/c1-2-12-3-5-13(6-4-12)10-17-15-8-7-14(9-16)11-18-15/h3-8,11H,2,10H2,1H3,(H,17,18). The monoisotopic (exact) mass is 237 g/mol. The predicted octanol–water partition coefficient (Wildman–Crippen LogP) is 3.13. The molecule has 1 aromatic carbocycles. The van der Waals surface area contributed by atoms with Crippen LogP contribution in [0.4, 0.5) is 5.82 Å². The van der Waals surface area contributed by atoms with Gasteiger partial charge in [-0.25, -0.2) is 4.98 Å². The van der Waals surface area contributed by atoms with Crippen LogP contribution in [0.2, 0.25) is 0 Å². The third-order valence-electron chi connectivity index (χ3n) is 2.80. The topological polar surface area (TPSA) is 48.7 Å². The van der Waals surface area contributed by atoms with E-state index in [1.54, 1.807) is 12.3 Å². The van der Waals surface area contributed by atoms with Crippen molar-refractivity contribution in [3.63, 3.8) is 0 Å². The molecule has 18 heavy (non-hydrogen) atoms. The van der Waals surface area contributed by atoms with Gasteiger partial charge in [-0.15, -0.1) is 0 Å². The summed E-state index contributed by atoms with van der Waals surface area (Å²) in [6, 6.07) is 14.2. The molecule has 0 bridgehead atoms. The lowest BCUT2D eigenvalue weighted by atomic mass is 10.1. The summed E-state index contributed by atoms with van der Waals surface area (Å²) in [6.45, 7) is 2.89. The van der Waals surface area contributed by atoms with Crippen LogP contribution in [-0.4, -0.2) is 4.98 Å². The number of rotatable bonds is 4. The number of benzene rings is 1. The van der Waals surface area contributed by atoms with Crippen molar-refractivity contribution in [3.05, 3.63) is 59.3 Å². The van der Waals surface area contributed by atoms with Crippen molar-refractivity contribution in [2.45, 2.75) is 19.9 Å². The fraction of sp³-hybridized carbons (Fsp3) is 0.200. The number of pyridine rings is 1. The number of aromatic nitrogens is 1. The Hall–Kier alpha value is -2.34. The minimum Gasteiger partial charge on any atom is -0.366 e. The second-order valence-electron chi connectivity index (χ2n) is 4.07. The Bertz CT molecular complexity index is 535. The van der Waals surface area contributed by atoms with Gasteiger partial charge >= 0.3 is 0 Å². The Morgan fingerprint density at radius 2 is 1.83 bits per heavy atom. The molecule has 0 atom stereocenters. The van der Waals surface area contributed by atoms with E-state index in [-0.39, 0.29) is 0 Å². The maximum Gasteiger partial charge on any atom is 0.126 e. The van der Waals surface area contributed by atoms with E-state index in [1.165, 1.54) is 11.1 Å². The number of aryl methyl sites for hydroxylation is 1. The molecule has 0 saturated heterocycles. The first-order valence-corrected chi connectivity index (χ1v) is 5.99.